The van der Waals surface area contributed by atoms with E-state index in [2.05, 4.69) is 16.0 Å². The SMILES string of the molecule is Cl.O=C1c2cc([N+](=O)[O-])cc3cc([N+](=O)[O-])cc(c23)C(=O)N1CCNCCNCCNCCN1C(=O)c2cc([N+](=O)[O-])cc3cc([N+](=O)[O-])cc(c23)C1=O. The number of nitrogens with zero attached hydrogens (tertiary/aromatic N) is 6. The molecular formula is C32H28ClN9O12. The van der Waals surface area contributed by atoms with Crippen molar-refractivity contribution in [3.63, 3.8) is 0 Å². The lowest BCUT2D eigenvalue weighted by atomic mass is 9.92. The van der Waals surface area contributed by atoms with Crippen molar-refractivity contribution in [3.8, 4) is 0 Å². The zero-order chi connectivity index (χ0) is 38.1. The van der Waals surface area contributed by atoms with Crippen LogP contribution in [0.2, 0.25) is 0 Å². The number of non-ortho nitro benzene ring substituents is 4. The second-order valence-corrected chi connectivity index (χ2v) is 12.0. The summed E-state index contributed by atoms with van der Waals surface area (Å²) in [5, 5.41) is 55.4. The number of nitro groups is 4. The van der Waals surface area contributed by atoms with Crippen LogP contribution in [0.3, 0.4) is 0 Å². The molecule has 2 heterocycles. The molecule has 22 heteroatoms. The number of hydrogen-bond acceptors (Lipinski definition) is 15. The van der Waals surface area contributed by atoms with Gasteiger partial charge in [-0.15, -0.1) is 12.4 Å². The predicted octanol–water partition coefficient (Wildman–Crippen LogP) is 2.71. The number of nitrogens with one attached hydrogen (secondary N) is 3. The number of halogens is 1. The van der Waals surface area contributed by atoms with Crippen molar-refractivity contribution >= 4 is 80.3 Å². The van der Waals surface area contributed by atoms with Crippen molar-refractivity contribution in [2.24, 2.45) is 0 Å². The number of amides is 4. The minimum atomic E-state index is -0.757. The van der Waals surface area contributed by atoms with Gasteiger partial charge >= 0.3 is 0 Å². The highest BCUT2D eigenvalue weighted by Crippen LogP contribution is 2.37. The maximum absolute atomic E-state index is 13.2. The van der Waals surface area contributed by atoms with Gasteiger partial charge in [-0.25, -0.2) is 0 Å². The molecule has 2 aliphatic heterocycles. The van der Waals surface area contributed by atoms with Crippen molar-refractivity contribution in [3.05, 3.63) is 111 Å². The molecule has 0 aliphatic carbocycles. The van der Waals surface area contributed by atoms with Crippen LogP contribution in [0.5, 0.6) is 0 Å². The Kier molecular flexibility index (Phi) is 11.2. The Morgan fingerprint density at radius 3 is 0.907 bits per heavy atom. The van der Waals surface area contributed by atoms with E-state index in [4.69, 9.17) is 0 Å². The highest BCUT2D eigenvalue weighted by atomic mass is 35.5. The van der Waals surface area contributed by atoms with Gasteiger partial charge < -0.3 is 16.0 Å². The smallest absolute Gasteiger partial charge is 0.270 e. The number of carbonyl (C=O) groups is 4. The van der Waals surface area contributed by atoms with Gasteiger partial charge in [0.1, 0.15) is 0 Å². The molecule has 0 aromatic heterocycles. The number of hydrogen-bond donors (Lipinski definition) is 3. The maximum atomic E-state index is 13.2. The Labute approximate surface area is 308 Å². The summed E-state index contributed by atoms with van der Waals surface area (Å²) in [7, 11) is 0. The van der Waals surface area contributed by atoms with Crippen LogP contribution in [0, 0.1) is 40.5 Å². The quantitative estimate of drug-likeness (QED) is 0.0640. The van der Waals surface area contributed by atoms with E-state index >= 15 is 0 Å². The highest BCUT2D eigenvalue weighted by Gasteiger charge is 2.37. The van der Waals surface area contributed by atoms with E-state index in [1.807, 2.05) is 0 Å². The molecule has 4 aromatic rings. The normalized spacial score (nSPS) is 13.4. The van der Waals surface area contributed by atoms with Crippen molar-refractivity contribution in [2.75, 3.05) is 52.4 Å². The second kappa shape index (κ2) is 15.6. The monoisotopic (exact) mass is 765 g/mol. The van der Waals surface area contributed by atoms with E-state index in [0.717, 1.165) is 58.3 Å². The van der Waals surface area contributed by atoms with Gasteiger partial charge in [-0.05, 0) is 10.8 Å². The third-order valence-corrected chi connectivity index (χ3v) is 8.76. The van der Waals surface area contributed by atoms with Crippen LogP contribution in [0.4, 0.5) is 22.7 Å². The minimum absolute atomic E-state index is 0. The molecule has 0 atom stereocenters. The number of rotatable bonds is 16. The third kappa shape index (κ3) is 7.23. The van der Waals surface area contributed by atoms with Crippen LogP contribution in [-0.2, 0) is 0 Å². The van der Waals surface area contributed by atoms with Gasteiger partial charge in [0.05, 0.1) is 41.9 Å². The first-order chi connectivity index (χ1) is 25.3. The zero-order valence-electron chi connectivity index (χ0n) is 27.8. The van der Waals surface area contributed by atoms with Gasteiger partial charge in [0.25, 0.3) is 46.4 Å². The van der Waals surface area contributed by atoms with Crippen LogP contribution in [0.25, 0.3) is 21.5 Å². The molecule has 0 spiro atoms. The first kappa shape index (κ1) is 38.7. The molecule has 280 valence electrons. The third-order valence-electron chi connectivity index (χ3n) is 8.76. The molecule has 0 saturated carbocycles. The molecule has 21 nitrogen and oxygen atoms in total. The average Bonchev–Trinajstić information content (AvgIpc) is 3.12. The first-order valence-corrected chi connectivity index (χ1v) is 15.9. The summed E-state index contributed by atoms with van der Waals surface area (Å²) in [4.78, 5) is 97.6. The molecule has 0 unspecified atom stereocenters. The first-order valence-electron chi connectivity index (χ1n) is 15.9. The molecule has 4 aromatic carbocycles. The summed E-state index contributed by atoms with van der Waals surface area (Å²) < 4.78 is 0. The molecule has 4 amide bonds. The van der Waals surface area contributed by atoms with Crippen LogP contribution in [-0.4, -0.2) is 105 Å². The van der Waals surface area contributed by atoms with E-state index in [1.165, 1.54) is 0 Å². The molecule has 0 fully saturated rings. The molecule has 0 radical (unpaired) electrons. The molecule has 0 saturated heterocycles. The van der Waals surface area contributed by atoms with Gasteiger partial charge in [0.15, 0.2) is 0 Å². The highest BCUT2D eigenvalue weighted by molar-refractivity contribution is 6.27. The fourth-order valence-electron chi connectivity index (χ4n) is 6.35. The Morgan fingerprint density at radius 1 is 0.426 bits per heavy atom. The number of carbonyl (C=O) groups excluding carboxylic acids is 4. The van der Waals surface area contributed by atoms with Crippen molar-refractivity contribution in [2.45, 2.75) is 0 Å². The second-order valence-electron chi connectivity index (χ2n) is 12.0. The largest absolute Gasteiger partial charge is 0.314 e. The van der Waals surface area contributed by atoms with Crippen molar-refractivity contribution in [1.82, 2.24) is 25.8 Å². The van der Waals surface area contributed by atoms with E-state index in [-0.39, 0.29) is 82.4 Å². The number of benzene rings is 4. The maximum Gasteiger partial charge on any atom is 0.270 e. The summed E-state index contributed by atoms with van der Waals surface area (Å²) >= 11 is 0. The lowest BCUT2D eigenvalue weighted by Gasteiger charge is -2.27. The predicted molar refractivity (Wildman–Crippen MR) is 191 cm³/mol. The van der Waals surface area contributed by atoms with Crippen LogP contribution in [0.1, 0.15) is 41.4 Å². The summed E-state index contributed by atoms with van der Waals surface area (Å²) in [6.07, 6.45) is 0. The van der Waals surface area contributed by atoms with Crippen LogP contribution >= 0.6 is 12.4 Å². The summed E-state index contributed by atoms with van der Waals surface area (Å²) in [5.74, 6) is -3.03. The van der Waals surface area contributed by atoms with Gasteiger partial charge in [0.2, 0.25) is 0 Å². The molecule has 54 heavy (non-hydrogen) atoms. The molecule has 6 rings (SSSR count). The molecule has 3 N–H and O–H groups in total. The molecular weight excluding hydrogens is 738 g/mol. The summed E-state index contributed by atoms with van der Waals surface area (Å²) in [6, 6.07) is 8.53. The lowest BCUT2D eigenvalue weighted by molar-refractivity contribution is -0.385. The Bertz CT molecular complexity index is 2020. The molecule has 0 bridgehead atoms. The van der Waals surface area contributed by atoms with E-state index in [1.54, 1.807) is 0 Å². The number of nitro benzene ring substituents is 4. The van der Waals surface area contributed by atoms with Gasteiger partial charge in [-0.2, -0.15) is 0 Å². The summed E-state index contributed by atoms with van der Waals surface area (Å²) in [6.45, 7) is 1.79. The Morgan fingerprint density at radius 2 is 0.667 bits per heavy atom. The standard InChI is InChI=1S/C32H27N9O12.ClH/c42-29-23-13-19(38(46)47)9-17-10-20(39(48)49)14-24(27(17)23)30(43)36(29)7-5-34-3-1-33-2-4-35-6-8-37-31(44)25-15-21(40(50)51)11-18-12-22(41(52)53)16-26(28(18)25)32(37)45;/h9-16,33-35H,1-8H2;1H. The zero-order valence-corrected chi connectivity index (χ0v) is 28.6. The van der Waals surface area contributed by atoms with Crippen molar-refractivity contribution in [1.29, 1.82) is 0 Å². The van der Waals surface area contributed by atoms with Gasteiger partial charge in [0, 0.05) is 112 Å². The lowest BCUT2D eigenvalue weighted by Crippen LogP contribution is -2.45. The van der Waals surface area contributed by atoms with Crippen LogP contribution < -0.4 is 16.0 Å². The Balaban J connectivity index is 0.00000561. The van der Waals surface area contributed by atoms with Crippen LogP contribution in [0.15, 0.2) is 48.5 Å². The average molecular weight is 766 g/mol. The fourth-order valence-corrected chi connectivity index (χ4v) is 6.35. The van der Waals surface area contributed by atoms with E-state index in [0.29, 0.717) is 26.2 Å². The fraction of sp³-hybridized carbons (Fsp3) is 0.250. The minimum Gasteiger partial charge on any atom is -0.314 e. The number of imide groups is 2. The van der Waals surface area contributed by atoms with E-state index < -0.39 is 66.1 Å². The molecule has 2 aliphatic rings. The topological polar surface area (TPSA) is 283 Å². The van der Waals surface area contributed by atoms with Gasteiger partial charge in [-0.1, -0.05) is 0 Å². The Hall–Kier alpha value is -6.55. The van der Waals surface area contributed by atoms with Crippen molar-refractivity contribution < 1.29 is 38.9 Å². The summed E-state index contributed by atoms with van der Waals surface area (Å²) in [5.41, 5.74) is -2.18. The van der Waals surface area contributed by atoms with E-state index in [9.17, 15) is 59.6 Å². The van der Waals surface area contributed by atoms with Gasteiger partial charge in [-0.3, -0.25) is 69.4 Å².